The van der Waals surface area contributed by atoms with E-state index in [2.05, 4.69) is 30.2 Å². The second-order valence-corrected chi connectivity index (χ2v) is 6.79. The summed E-state index contributed by atoms with van der Waals surface area (Å²) in [4.78, 5) is 20.3. The molecule has 0 fully saturated rings. The van der Waals surface area contributed by atoms with Gasteiger partial charge in [0.05, 0.1) is 29.0 Å². The average molecular weight is 395 g/mol. The van der Waals surface area contributed by atoms with Crippen LogP contribution < -0.4 is 20.5 Å². The van der Waals surface area contributed by atoms with Crippen LogP contribution in [-0.2, 0) is 6.42 Å². The molecule has 148 valence electrons. The van der Waals surface area contributed by atoms with E-state index in [0.717, 1.165) is 5.52 Å². The van der Waals surface area contributed by atoms with E-state index in [9.17, 15) is 4.39 Å². The molecular formula is C19H18FN7O2. The van der Waals surface area contributed by atoms with E-state index in [1.807, 2.05) is 0 Å². The maximum Gasteiger partial charge on any atom is 0.327 e. The molecule has 0 amide bonds. The fourth-order valence-electron chi connectivity index (χ4n) is 3.58. The lowest BCUT2D eigenvalue weighted by molar-refractivity contribution is 0.203. The van der Waals surface area contributed by atoms with Crippen LogP contribution >= 0.6 is 0 Å². The third-order valence-electron chi connectivity index (χ3n) is 4.94. The lowest BCUT2D eigenvalue weighted by Gasteiger charge is -2.16. The van der Waals surface area contributed by atoms with Gasteiger partial charge in [-0.05, 0) is 13.0 Å². The molecular weight excluding hydrogens is 377 g/mol. The van der Waals surface area contributed by atoms with Crippen LogP contribution in [0.15, 0.2) is 18.5 Å². The summed E-state index contributed by atoms with van der Waals surface area (Å²) in [5.74, 6) is 0.991. The molecule has 4 N–H and O–H groups in total. The Morgan fingerprint density at radius 2 is 2.10 bits per heavy atom. The summed E-state index contributed by atoms with van der Waals surface area (Å²) in [6, 6.07) is 1.53. The van der Waals surface area contributed by atoms with Gasteiger partial charge in [0.15, 0.2) is 5.75 Å². The van der Waals surface area contributed by atoms with E-state index in [1.165, 1.54) is 18.5 Å². The number of aromatic nitrogens is 5. The lowest BCUT2D eigenvalue weighted by Crippen LogP contribution is -2.29. The highest BCUT2D eigenvalue weighted by Gasteiger charge is 2.28. The van der Waals surface area contributed by atoms with E-state index >= 15 is 0 Å². The predicted octanol–water partition coefficient (Wildman–Crippen LogP) is 2.44. The maximum atomic E-state index is 14.9. The Kier molecular flexibility index (Phi) is 3.95. The van der Waals surface area contributed by atoms with Gasteiger partial charge in [0, 0.05) is 31.0 Å². The number of hydrogen-bond acceptors (Lipinski definition) is 8. The normalized spacial score (nSPS) is 15.5. The molecule has 9 nitrogen and oxygen atoms in total. The smallest absolute Gasteiger partial charge is 0.327 e. The Balaban J connectivity index is 1.74. The molecule has 0 spiro atoms. The highest BCUT2D eigenvalue weighted by atomic mass is 19.1. The Morgan fingerprint density at radius 3 is 2.83 bits per heavy atom. The van der Waals surface area contributed by atoms with Crippen LogP contribution in [-0.4, -0.2) is 44.6 Å². The van der Waals surface area contributed by atoms with E-state index in [-0.39, 0.29) is 18.4 Å². The number of aromatic amines is 1. The molecule has 0 saturated carbocycles. The number of aryl methyl sites for hydroxylation is 1. The van der Waals surface area contributed by atoms with Crippen molar-refractivity contribution < 1.29 is 13.9 Å². The first-order valence-corrected chi connectivity index (χ1v) is 9.13. The lowest BCUT2D eigenvalue weighted by atomic mass is 10.0. The Hall–Kier alpha value is -3.53. The zero-order valence-corrected chi connectivity index (χ0v) is 15.8. The van der Waals surface area contributed by atoms with Gasteiger partial charge in [-0.2, -0.15) is 9.97 Å². The van der Waals surface area contributed by atoms with Crippen molar-refractivity contribution in [2.45, 2.75) is 19.4 Å². The molecule has 0 aliphatic carbocycles. The van der Waals surface area contributed by atoms with Crippen molar-refractivity contribution in [3.63, 3.8) is 0 Å². The summed E-state index contributed by atoms with van der Waals surface area (Å²) in [7, 11) is 1.73. The number of benzene rings is 1. The fourth-order valence-corrected chi connectivity index (χ4v) is 3.58. The number of hydrogen-bond donors (Lipinski definition) is 3. The Morgan fingerprint density at radius 1 is 1.31 bits per heavy atom. The van der Waals surface area contributed by atoms with Crippen molar-refractivity contribution in [1.82, 2.24) is 24.9 Å². The number of H-pyrrole nitrogens is 1. The molecule has 0 unspecified atom stereocenters. The van der Waals surface area contributed by atoms with E-state index in [0.29, 0.717) is 51.5 Å². The third kappa shape index (κ3) is 2.80. The maximum absolute atomic E-state index is 14.9. The van der Waals surface area contributed by atoms with Gasteiger partial charge in [0.2, 0.25) is 5.88 Å². The van der Waals surface area contributed by atoms with Gasteiger partial charge in [-0.15, -0.1) is 0 Å². The van der Waals surface area contributed by atoms with E-state index in [4.69, 9.17) is 15.2 Å². The zero-order valence-electron chi connectivity index (χ0n) is 15.8. The van der Waals surface area contributed by atoms with Crippen LogP contribution in [0.2, 0.25) is 0 Å². The number of nitrogens with one attached hydrogen (secondary N) is 2. The van der Waals surface area contributed by atoms with Crippen LogP contribution in [0.5, 0.6) is 17.6 Å². The van der Waals surface area contributed by atoms with E-state index < -0.39 is 6.10 Å². The topological polar surface area (TPSA) is 124 Å². The molecule has 1 aliphatic heterocycles. The molecule has 29 heavy (non-hydrogen) atoms. The van der Waals surface area contributed by atoms with Gasteiger partial charge < -0.3 is 25.5 Å². The van der Waals surface area contributed by atoms with Crippen molar-refractivity contribution in [2.75, 3.05) is 18.9 Å². The quantitative estimate of drug-likeness (QED) is 0.481. The largest absolute Gasteiger partial charge is 0.472 e. The molecule has 1 atom stereocenters. The highest BCUT2D eigenvalue weighted by Crippen LogP contribution is 2.41. The zero-order chi connectivity index (χ0) is 20.1. The minimum absolute atomic E-state index is 0.0669. The molecule has 5 rings (SSSR count). The Labute approximate surface area is 164 Å². The standard InChI is InChI=1S/C19H18FN7O2/c1-8-23-6-10(7-24-8)29-19-26-17-15-14-11(3-9(5-21)28-18(15)27-19)12(20)4-13(22-2)16(14)25-17/h4,6-7,9,22H,3,5,21H2,1-2H3,(H,25,26,27)/t9-/m1/s1. The second-order valence-electron chi connectivity index (χ2n) is 6.79. The first-order valence-electron chi connectivity index (χ1n) is 9.13. The summed E-state index contributed by atoms with van der Waals surface area (Å²) in [5, 5.41) is 4.32. The SMILES string of the molecule is CNc1cc(F)c2c3c1[nH]c1nc(Oc4cnc(C)nc4)nc(c13)O[C@@H](CN)C2. The summed E-state index contributed by atoms with van der Waals surface area (Å²) >= 11 is 0. The predicted molar refractivity (Wildman–Crippen MR) is 105 cm³/mol. The van der Waals surface area contributed by atoms with Crippen molar-refractivity contribution in [1.29, 1.82) is 0 Å². The molecule has 3 aromatic heterocycles. The van der Waals surface area contributed by atoms with Crippen LogP contribution in [0.1, 0.15) is 11.4 Å². The fraction of sp³-hybridized carbons (Fsp3) is 0.263. The number of anilines is 1. The van der Waals surface area contributed by atoms with Crippen LogP contribution in [0.4, 0.5) is 10.1 Å². The first-order chi connectivity index (χ1) is 14.1. The van der Waals surface area contributed by atoms with Gasteiger partial charge >= 0.3 is 6.01 Å². The molecule has 0 bridgehead atoms. The minimum Gasteiger partial charge on any atom is -0.472 e. The number of nitrogens with zero attached hydrogens (tertiary/aromatic N) is 4. The third-order valence-corrected chi connectivity index (χ3v) is 4.94. The van der Waals surface area contributed by atoms with Crippen molar-refractivity contribution in [3.8, 4) is 17.6 Å². The highest BCUT2D eigenvalue weighted by molar-refractivity contribution is 6.14. The molecule has 4 heterocycles. The van der Waals surface area contributed by atoms with Crippen molar-refractivity contribution >= 4 is 27.6 Å². The number of halogens is 1. The summed E-state index contributed by atoms with van der Waals surface area (Å²) in [5.41, 5.74) is 8.21. The molecule has 10 heteroatoms. The van der Waals surface area contributed by atoms with Crippen molar-refractivity contribution in [2.24, 2.45) is 5.73 Å². The van der Waals surface area contributed by atoms with Gasteiger partial charge in [0.1, 0.15) is 23.4 Å². The van der Waals surface area contributed by atoms with Crippen LogP contribution in [0.3, 0.4) is 0 Å². The van der Waals surface area contributed by atoms with Gasteiger partial charge in [-0.25, -0.2) is 14.4 Å². The molecule has 1 aromatic carbocycles. The van der Waals surface area contributed by atoms with Crippen molar-refractivity contribution in [3.05, 3.63) is 35.7 Å². The molecule has 4 aromatic rings. The van der Waals surface area contributed by atoms with Gasteiger partial charge in [-0.3, -0.25) is 0 Å². The Bertz CT molecular complexity index is 1240. The monoisotopic (exact) mass is 395 g/mol. The number of nitrogens with two attached hydrogens (primary N) is 1. The molecule has 0 saturated heterocycles. The minimum atomic E-state index is -0.422. The number of rotatable bonds is 4. The summed E-state index contributed by atoms with van der Waals surface area (Å²) in [6.45, 7) is 2.00. The van der Waals surface area contributed by atoms with Crippen LogP contribution in [0, 0.1) is 12.7 Å². The van der Waals surface area contributed by atoms with Gasteiger partial charge in [0.25, 0.3) is 0 Å². The van der Waals surface area contributed by atoms with Crippen LogP contribution in [0.25, 0.3) is 21.9 Å². The second kappa shape index (κ2) is 6.52. The van der Waals surface area contributed by atoms with Gasteiger partial charge in [-0.1, -0.05) is 0 Å². The first kappa shape index (κ1) is 17.6. The summed E-state index contributed by atoms with van der Waals surface area (Å²) < 4.78 is 26.6. The average Bonchev–Trinajstić information content (AvgIpc) is 3.00. The molecule has 0 radical (unpaired) electrons. The summed E-state index contributed by atoms with van der Waals surface area (Å²) in [6.07, 6.45) is 2.98. The number of ether oxygens (including phenoxy) is 2. The molecule has 1 aliphatic rings. The van der Waals surface area contributed by atoms with E-state index in [1.54, 1.807) is 14.0 Å².